The molecule has 0 amide bonds. The fourth-order valence-corrected chi connectivity index (χ4v) is 7.53. The molecule has 3 aliphatic heterocycles. The monoisotopic (exact) mass is 806 g/mol. The maximum atomic E-state index is 11.5. The van der Waals surface area contributed by atoms with E-state index in [2.05, 4.69) is 21.9 Å². The van der Waals surface area contributed by atoms with E-state index in [1.54, 1.807) is 34.6 Å². The van der Waals surface area contributed by atoms with E-state index >= 15 is 0 Å². The fraction of sp³-hybridized carbons (Fsp3) is 1.00. The van der Waals surface area contributed by atoms with Crippen LogP contribution in [0, 0.1) is 35.5 Å². The highest BCUT2D eigenvalue weighted by Gasteiger charge is 2.51. The summed E-state index contributed by atoms with van der Waals surface area (Å²) in [4.78, 5) is 0. The molecule has 3 heterocycles. The van der Waals surface area contributed by atoms with Crippen molar-refractivity contribution < 1.29 is 94.0 Å². The summed E-state index contributed by atoms with van der Waals surface area (Å²) in [5, 5.41) is 13.5. The van der Waals surface area contributed by atoms with Crippen LogP contribution in [0.1, 0.15) is 48.5 Å². The molecule has 0 saturated carbocycles. The summed E-state index contributed by atoms with van der Waals surface area (Å²) in [7, 11) is -15.5. The van der Waals surface area contributed by atoms with E-state index in [0.29, 0.717) is 0 Å². The zero-order valence-electron chi connectivity index (χ0n) is 28.0. The normalized spacial score (nSPS) is 40.5. The molecule has 0 radical (unpaired) electrons. The van der Waals surface area contributed by atoms with Crippen molar-refractivity contribution in [3.63, 3.8) is 0 Å². The average Bonchev–Trinajstić information content (AvgIpc) is 3.00. The van der Waals surface area contributed by atoms with Crippen LogP contribution in [0.25, 0.3) is 0 Å². The van der Waals surface area contributed by atoms with Crippen LogP contribution in [-0.2, 0) is 81.0 Å². The molecule has 3 fully saturated rings. The van der Waals surface area contributed by atoms with Crippen molar-refractivity contribution >= 4 is 43.5 Å². The Kier molecular flexibility index (Phi) is 16.1. The molecule has 25 heteroatoms. The fourth-order valence-electron chi connectivity index (χ4n) is 6.18. The summed E-state index contributed by atoms with van der Waals surface area (Å²) in [5.74, 6) is -2.64. The van der Waals surface area contributed by atoms with Gasteiger partial charge in [0.2, 0.25) is 31.2 Å². The zero-order valence-corrected chi connectivity index (χ0v) is 31.3. The van der Waals surface area contributed by atoms with Gasteiger partial charge in [0.1, 0.15) is 24.4 Å². The SMILES string of the molecule is CC1C(C)[C@H](OSOO[O-])C(COS(=O)(=O)[O-])O[C@@H]1O[C@@H]1C(COS(=O)(=O)[O-])O[C@H](O[C@@H]2C(COS(=O)(=O)[O-])O[C@H](C)C(C)C2C)C(C)C1C. The summed E-state index contributed by atoms with van der Waals surface area (Å²) in [6, 6.07) is 0. The number of rotatable bonds is 17. The molecule has 0 aliphatic carbocycles. The van der Waals surface area contributed by atoms with Gasteiger partial charge in [0, 0.05) is 11.8 Å². The Morgan fingerprint density at radius 3 is 1.30 bits per heavy atom. The molecule has 21 nitrogen and oxygen atoms in total. The first-order chi connectivity index (χ1) is 23.0. The molecule has 3 rings (SSSR count). The average molecular weight is 807 g/mol. The van der Waals surface area contributed by atoms with E-state index in [4.69, 9.17) is 27.9 Å². The van der Waals surface area contributed by atoms with Gasteiger partial charge in [-0.3, -0.25) is 21.8 Å². The van der Waals surface area contributed by atoms with E-state index in [-0.39, 0.29) is 30.3 Å². The smallest absolute Gasteiger partial charge is 0.217 e. The summed E-state index contributed by atoms with van der Waals surface area (Å²) in [6.07, 6.45) is -9.31. The van der Waals surface area contributed by atoms with Gasteiger partial charge in [-0.05, 0) is 30.6 Å². The van der Waals surface area contributed by atoms with Gasteiger partial charge in [0.05, 0.1) is 38.1 Å². The van der Waals surface area contributed by atoms with E-state index in [0.717, 1.165) is 0 Å². The third-order valence-electron chi connectivity index (χ3n) is 9.67. The van der Waals surface area contributed by atoms with E-state index in [9.17, 15) is 44.2 Å². The second-order valence-corrected chi connectivity index (χ2v) is 16.3. The Balaban J connectivity index is 1.87. The molecule has 0 N–H and O–H groups in total. The number of hydrogen-bond acceptors (Lipinski definition) is 22. The van der Waals surface area contributed by atoms with Crippen molar-refractivity contribution in [1.29, 1.82) is 0 Å². The summed E-state index contributed by atoms with van der Waals surface area (Å²) in [5.41, 5.74) is 0. The van der Waals surface area contributed by atoms with E-state index in [1.165, 1.54) is 0 Å². The first-order valence-electron chi connectivity index (χ1n) is 15.4. The van der Waals surface area contributed by atoms with Gasteiger partial charge in [-0.2, -0.15) is 0 Å². The summed E-state index contributed by atoms with van der Waals surface area (Å²) < 4.78 is 155. The van der Waals surface area contributed by atoms with Crippen LogP contribution >= 0.6 is 12.3 Å². The predicted molar refractivity (Wildman–Crippen MR) is 158 cm³/mol. The highest BCUT2D eigenvalue weighted by Crippen LogP contribution is 2.42. The highest BCUT2D eigenvalue weighted by atomic mass is 32.3. The lowest BCUT2D eigenvalue weighted by atomic mass is 9.81. The van der Waals surface area contributed by atoms with Crippen LogP contribution in [0.3, 0.4) is 0 Å². The summed E-state index contributed by atoms with van der Waals surface area (Å²) >= 11 is 0.131. The molecule has 50 heavy (non-hydrogen) atoms. The lowest BCUT2D eigenvalue weighted by Gasteiger charge is -2.50. The molecule has 9 unspecified atom stereocenters. The molecule has 0 aromatic heterocycles. The second-order valence-electron chi connectivity index (χ2n) is 12.7. The molecule has 0 spiro atoms. The lowest BCUT2D eigenvalue weighted by Crippen LogP contribution is -2.59. The molecule has 3 aliphatic rings. The van der Waals surface area contributed by atoms with Crippen molar-refractivity contribution in [2.75, 3.05) is 19.8 Å². The largest absolute Gasteiger partial charge is 0.726 e. The van der Waals surface area contributed by atoms with Crippen molar-refractivity contribution in [2.24, 2.45) is 35.5 Å². The molecule has 15 atom stereocenters. The van der Waals surface area contributed by atoms with Gasteiger partial charge >= 0.3 is 0 Å². The number of hydrogen-bond donors (Lipinski definition) is 0. The van der Waals surface area contributed by atoms with E-state index < -0.39 is 124 Å². The molecule has 296 valence electrons. The Hall–Kier alpha value is -0.400. The quantitative estimate of drug-likeness (QED) is 0.0443. The molecular weight excluding hydrogens is 765 g/mol. The number of ether oxygens (including phenoxy) is 5. The predicted octanol–water partition coefficient (Wildman–Crippen LogP) is -0.587. The topological polar surface area (TPSA) is 296 Å². The maximum absolute atomic E-state index is 11.5. The van der Waals surface area contributed by atoms with Gasteiger partial charge < -0.3 is 42.6 Å². The van der Waals surface area contributed by atoms with Crippen LogP contribution in [0.2, 0.25) is 0 Å². The first-order valence-corrected chi connectivity index (χ1v) is 20.1. The Bertz CT molecular complexity index is 1400. The maximum Gasteiger partial charge on any atom is 0.217 e. The standard InChI is InChI=1S/C25H46O21S4/c1-11-12(2)21(18(39-17(11)7)8-36-48(27,28)29)42-24-15(5)13(3)22(19(40-24)9-37-49(30,31)32)43-25-16(6)14(4)23(44-47-46-45-26)20(41-25)10-38-50(33,34)35/h11-26H,8-10H2,1-7H3,(H,27,28,29)(H,30,31,32)(H,33,34,35)/p-4/t11?,12?,13?,14?,15?,16?,17-,18?,19?,20?,21+,22+,23+,24-,25-/m1/s1. The minimum Gasteiger partial charge on any atom is -0.726 e. The Morgan fingerprint density at radius 2 is 0.900 bits per heavy atom. The van der Waals surface area contributed by atoms with Crippen molar-refractivity contribution in [3.8, 4) is 0 Å². The lowest BCUT2D eigenvalue weighted by molar-refractivity contribution is -0.777. The van der Waals surface area contributed by atoms with Crippen molar-refractivity contribution in [1.82, 2.24) is 0 Å². The third kappa shape index (κ3) is 12.6. The van der Waals surface area contributed by atoms with Gasteiger partial charge in [-0.15, -0.1) is 4.33 Å². The van der Waals surface area contributed by atoms with Gasteiger partial charge in [-0.25, -0.2) is 25.3 Å². The van der Waals surface area contributed by atoms with Gasteiger partial charge in [-0.1, -0.05) is 41.5 Å². The molecule has 0 aromatic rings. The summed E-state index contributed by atoms with van der Waals surface area (Å²) in [6.45, 7) is 9.97. The first kappa shape index (κ1) is 44.0. The zero-order chi connectivity index (χ0) is 37.8. The Morgan fingerprint density at radius 1 is 0.540 bits per heavy atom. The minimum atomic E-state index is -5.22. The van der Waals surface area contributed by atoms with Crippen LogP contribution in [0.4, 0.5) is 0 Å². The molecular formula is C25H42O21S4-4. The van der Waals surface area contributed by atoms with Crippen LogP contribution < -0.4 is 5.26 Å². The third-order valence-corrected chi connectivity index (χ3v) is 11.4. The van der Waals surface area contributed by atoms with E-state index in [1.807, 2.05) is 13.8 Å². The van der Waals surface area contributed by atoms with Crippen molar-refractivity contribution in [2.45, 2.75) is 104 Å². The Labute approximate surface area is 295 Å². The van der Waals surface area contributed by atoms with Crippen LogP contribution in [-0.4, -0.2) is 114 Å². The molecule has 0 aromatic carbocycles. The second kappa shape index (κ2) is 18.3. The van der Waals surface area contributed by atoms with Gasteiger partial charge in [0.25, 0.3) is 0 Å². The molecule has 0 bridgehead atoms. The minimum absolute atomic E-state index is 0.108. The van der Waals surface area contributed by atoms with Crippen LogP contribution in [0.5, 0.6) is 0 Å². The van der Waals surface area contributed by atoms with Crippen LogP contribution in [0.15, 0.2) is 0 Å². The van der Waals surface area contributed by atoms with Crippen molar-refractivity contribution in [3.05, 3.63) is 0 Å². The highest BCUT2D eigenvalue weighted by molar-refractivity contribution is 7.89. The van der Waals surface area contributed by atoms with Gasteiger partial charge in [0.15, 0.2) is 24.9 Å². The molecule has 3 saturated heterocycles.